The number of rotatable bonds is 6. The molecule has 1 N–H and O–H groups in total. The molecule has 1 fully saturated rings. The van der Waals surface area contributed by atoms with Crippen LogP contribution < -0.4 is 10.1 Å². The molecule has 0 spiro atoms. The fourth-order valence-corrected chi connectivity index (χ4v) is 2.73. The Labute approximate surface area is 131 Å². The van der Waals surface area contributed by atoms with E-state index in [1.54, 1.807) is 18.2 Å². The molecule has 6 heteroatoms. The normalized spacial score (nSPS) is 17.3. The van der Waals surface area contributed by atoms with Crippen LogP contribution in [0.1, 0.15) is 31.4 Å². The van der Waals surface area contributed by atoms with Crippen molar-refractivity contribution < 1.29 is 13.5 Å². The fraction of sp³-hybridized carbons (Fsp3) is 0.600. The summed E-state index contributed by atoms with van der Waals surface area (Å²) in [5.74, 6) is 0.244. The first kappa shape index (κ1) is 18.1. The molecule has 0 bridgehead atoms. The molecule has 2 rings (SSSR count). The van der Waals surface area contributed by atoms with Crippen LogP contribution in [-0.2, 0) is 0 Å². The van der Waals surface area contributed by atoms with Crippen molar-refractivity contribution >= 4 is 12.4 Å². The van der Waals surface area contributed by atoms with E-state index < -0.39 is 6.61 Å². The second kappa shape index (κ2) is 9.18. The maximum absolute atomic E-state index is 12.3. The first-order valence-electron chi connectivity index (χ1n) is 7.20. The zero-order valence-corrected chi connectivity index (χ0v) is 13.0. The van der Waals surface area contributed by atoms with Crippen LogP contribution in [0.5, 0.6) is 5.75 Å². The van der Waals surface area contributed by atoms with Gasteiger partial charge in [0.1, 0.15) is 5.75 Å². The quantitative estimate of drug-likeness (QED) is 0.869. The maximum Gasteiger partial charge on any atom is 0.387 e. The third kappa shape index (κ3) is 5.41. The molecule has 1 atom stereocenters. The van der Waals surface area contributed by atoms with Gasteiger partial charge < -0.3 is 10.1 Å². The van der Waals surface area contributed by atoms with Gasteiger partial charge in [-0.25, -0.2) is 0 Å². The van der Waals surface area contributed by atoms with Crippen LogP contribution in [0.15, 0.2) is 24.3 Å². The Bertz CT molecular complexity index is 414. The van der Waals surface area contributed by atoms with Gasteiger partial charge in [0.05, 0.1) is 0 Å². The van der Waals surface area contributed by atoms with Crippen LogP contribution in [0.2, 0.25) is 0 Å². The number of hydrogen-bond donors (Lipinski definition) is 1. The predicted octanol–water partition coefficient (Wildman–Crippen LogP) is 3.46. The Morgan fingerprint density at radius 3 is 2.62 bits per heavy atom. The van der Waals surface area contributed by atoms with Gasteiger partial charge in [-0.1, -0.05) is 25.5 Å². The van der Waals surface area contributed by atoms with Crippen LogP contribution >= 0.6 is 12.4 Å². The highest BCUT2D eigenvalue weighted by Gasteiger charge is 2.21. The molecular formula is C15H23ClF2N2O. The highest BCUT2D eigenvalue weighted by molar-refractivity contribution is 5.85. The highest BCUT2D eigenvalue weighted by atomic mass is 35.5. The van der Waals surface area contributed by atoms with Crippen LogP contribution in [0.3, 0.4) is 0 Å². The van der Waals surface area contributed by atoms with Gasteiger partial charge in [-0.3, -0.25) is 4.90 Å². The number of hydrogen-bond acceptors (Lipinski definition) is 3. The van der Waals surface area contributed by atoms with Crippen molar-refractivity contribution in [2.24, 2.45) is 0 Å². The first-order valence-corrected chi connectivity index (χ1v) is 7.20. The Kier molecular flexibility index (Phi) is 7.93. The van der Waals surface area contributed by atoms with Crippen molar-refractivity contribution in [3.05, 3.63) is 29.8 Å². The predicted molar refractivity (Wildman–Crippen MR) is 82.4 cm³/mol. The average Bonchev–Trinajstić information content (AvgIpc) is 2.45. The summed E-state index contributed by atoms with van der Waals surface area (Å²) in [4.78, 5) is 2.42. The van der Waals surface area contributed by atoms with Gasteiger partial charge in [0.25, 0.3) is 0 Å². The summed E-state index contributed by atoms with van der Waals surface area (Å²) in [6.45, 7) is 3.32. The molecule has 1 aliphatic heterocycles. The number of ether oxygens (including phenoxy) is 1. The van der Waals surface area contributed by atoms with Gasteiger partial charge in [0.2, 0.25) is 0 Å². The van der Waals surface area contributed by atoms with E-state index in [1.165, 1.54) is 0 Å². The number of halogens is 3. The zero-order valence-electron chi connectivity index (χ0n) is 12.2. The van der Waals surface area contributed by atoms with E-state index in [1.807, 2.05) is 6.07 Å². The summed E-state index contributed by atoms with van der Waals surface area (Å²) in [5, 5.41) is 3.34. The molecule has 1 saturated heterocycles. The minimum atomic E-state index is -2.77. The lowest BCUT2D eigenvalue weighted by Gasteiger charge is -2.35. The molecule has 1 aliphatic rings. The summed E-state index contributed by atoms with van der Waals surface area (Å²) in [7, 11) is 0. The Morgan fingerprint density at radius 1 is 1.29 bits per heavy atom. The summed E-state index contributed by atoms with van der Waals surface area (Å²) in [6.07, 6.45) is 2.09. The van der Waals surface area contributed by atoms with Crippen LogP contribution in [0.4, 0.5) is 8.78 Å². The highest BCUT2D eigenvalue weighted by Crippen LogP contribution is 2.29. The van der Waals surface area contributed by atoms with Crippen molar-refractivity contribution in [3.8, 4) is 5.75 Å². The summed E-state index contributed by atoms with van der Waals surface area (Å²) < 4.78 is 29.1. The largest absolute Gasteiger partial charge is 0.435 e. The molecule has 0 aliphatic carbocycles. The summed E-state index contributed by atoms with van der Waals surface area (Å²) in [5.41, 5.74) is 1.06. The third-order valence-corrected chi connectivity index (χ3v) is 3.62. The lowest BCUT2D eigenvalue weighted by atomic mass is 9.99. The second-order valence-electron chi connectivity index (χ2n) is 5.04. The molecule has 1 aromatic rings. The van der Waals surface area contributed by atoms with Gasteiger partial charge in [-0.15, -0.1) is 12.4 Å². The van der Waals surface area contributed by atoms with E-state index in [9.17, 15) is 8.78 Å². The van der Waals surface area contributed by atoms with Crippen LogP contribution in [0.25, 0.3) is 0 Å². The first-order chi connectivity index (χ1) is 9.70. The van der Waals surface area contributed by atoms with Crippen LogP contribution in [0, 0.1) is 0 Å². The topological polar surface area (TPSA) is 24.5 Å². The number of benzene rings is 1. The lowest BCUT2D eigenvalue weighted by molar-refractivity contribution is -0.0499. The van der Waals surface area contributed by atoms with Crippen molar-refractivity contribution in [2.75, 3.05) is 26.2 Å². The molecule has 3 nitrogen and oxygen atoms in total. The zero-order chi connectivity index (χ0) is 14.4. The van der Waals surface area contributed by atoms with Crippen molar-refractivity contribution in [2.45, 2.75) is 32.4 Å². The standard InChI is InChI=1S/C15H22F2N2O.ClH/c1-2-4-14(19-9-7-18-8-10-19)12-5-3-6-13(11-12)20-15(16)17;/h3,5-6,11,14-15,18H,2,4,7-10H2,1H3;1H/t14-;/m0./s1. The smallest absolute Gasteiger partial charge is 0.387 e. The number of nitrogens with one attached hydrogen (secondary N) is 1. The minimum absolute atomic E-state index is 0. The molecule has 120 valence electrons. The van der Waals surface area contributed by atoms with Crippen molar-refractivity contribution in [3.63, 3.8) is 0 Å². The molecule has 21 heavy (non-hydrogen) atoms. The van der Waals surface area contributed by atoms with Gasteiger partial charge in [0, 0.05) is 32.2 Å². The molecule has 1 heterocycles. The lowest BCUT2D eigenvalue weighted by Crippen LogP contribution is -2.45. The second-order valence-corrected chi connectivity index (χ2v) is 5.04. The number of nitrogens with zero attached hydrogens (tertiary/aromatic N) is 1. The molecule has 0 amide bonds. The SMILES string of the molecule is CCC[C@@H](c1cccc(OC(F)F)c1)N1CCNCC1.Cl. The Balaban J connectivity index is 0.00000220. The van der Waals surface area contributed by atoms with Gasteiger partial charge in [-0.05, 0) is 24.1 Å². The van der Waals surface area contributed by atoms with Gasteiger partial charge in [-0.2, -0.15) is 8.78 Å². The molecule has 0 saturated carbocycles. The van der Waals surface area contributed by atoms with E-state index in [0.29, 0.717) is 0 Å². The molecular weight excluding hydrogens is 298 g/mol. The number of piperazine rings is 1. The van der Waals surface area contributed by atoms with Crippen molar-refractivity contribution in [1.29, 1.82) is 0 Å². The number of alkyl halides is 2. The van der Waals surface area contributed by atoms with E-state index in [4.69, 9.17) is 0 Å². The van der Waals surface area contributed by atoms with E-state index in [2.05, 4.69) is 21.9 Å². The van der Waals surface area contributed by atoms with E-state index in [-0.39, 0.29) is 24.2 Å². The summed E-state index contributed by atoms with van der Waals surface area (Å²) in [6, 6.07) is 7.40. The molecule has 1 aromatic carbocycles. The Morgan fingerprint density at radius 2 is 2.00 bits per heavy atom. The maximum atomic E-state index is 12.3. The van der Waals surface area contributed by atoms with Gasteiger partial charge in [0.15, 0.2) is 0 Å². The summed E-state index contributed by atoms with van der Waals surface area (Å²) >= 11 is 0. The van der Waals surface area contributed by atoms with E-state index >= 15 is 0 Å². The van der Waals surface area contributed by atoms with Gasteiger partial charge >= 0.3 is 6.61 Å². The monoisotopic (exact) mass is 320 g/mol. The average molecular weight is 321 g/mol. The van der Waals surface area contributed by atoms with Crippen molar-refractivity contribution in [1.82, 2.24) is 10.2 Å². The third-order valence-electron chi connectivity index (χ3n) is 3.62. The molecule has 0 unspecified atom stereocenters. The molecule has 0 radical (unpaired) electrons. The molecule has 0 aromatic heterocycles. The van der Waals surface area contributed by atoms with Crippen LogP contribution in [-0.4, -0.2) is 37.7 Å². The Hall–Kier alpha value is -0.910. The fourth-order valence-electron chi connectivity index (χ4n) is 2.73. The van der Waals surface area contributed by atoms with E-state index in [0.717, 1.165) is 44.6 Å². The minimum Gasteiger partial charge on any atom is -0.435 e.